The predicted molar refractivity (Wildman–Crippen MR) is 121 cm³/mol. The number of hydrogen-bond acceptors (Lipinski definition) is 12. The Morgan fingerprint density at radius 2 is 1.69 bits per heavy atom. The van der Waals surface area contributed by atoms with E-state index in [-0.39, 0.29) is 22.8 Å². The molecule has 2 heterocycles. The molecule has 0 aliphatic carbocycles. The zero-order valence-electron chi connectivity index (χ0n) is 18.4. The third-order valence-electron chi connectivity index (χ3n) is 5.44. The maximum absolute atomic E-state index is 12.1. The van der Waals surface area contributed by atoms with Crippen molar-refractivity contribution in [3.63, 3.8) is 0 Å². The molecule has 5 atom stereocenters. The molecule has 1 saturated heterocycles. The first-order chi connectivity index (χ1) is 17.1. The number of ether oxygens (including phenoxy) is 3. The molecule has 3 aromatic rings. The highest BCUT2D eigenvalue weighted by molar-refractivity contribution is 5.87. The highest BCUT2D eigenvalue weighted by Gasteiger charge is 2.45. The maximum Gasteiger partial charge on any atom is 0.336 e. The van der Waals surface area contributed by atoms with Gasteiger partial charge >= 0.3 is 11.6 Å². The Labute approximate surface area is 202 Å². The number of aromatic hydroxyl groups is 3. The van der Waals surface area contributed by atoms with Crippen molar-refractivity contribution in [2.24, 2.45) is 0 Å². The van der Waals surface area contributed by atoms with Crippen molar-refractivity contribution < 1.29 is 54.1 Å². The summed E-state index contributed by atoms with van der Waals surface area (Å²) in [5.41, 5.74) is -0.472. The fourth-order valence-electron chi connectivity index (χ4n) is 3.49. The summed E-state index contributed by atoms with van der Waals surface area (Å²) in [5.74, 6) is -2.33. The topological polar surface area (TPSA) is 196 Å². The van der Waals surface area contributed by atoms with Crippen LogP contribution in [0.3, 0.4) is 0 Å². The summed E-state index contributed by atoms with van der Waals surface area (Å²) in [4.78, 5) is 23.5. The second kappa shape index (κ2) is 10.3. The van der Waals surface area contributed by atoms with Crippen LogP contribution in [0.5, 0.6) is 23.0 Å². The first-order valence-electron chi connectivity index (χ1n) is 10.6. The van der Waals surface area contributed by atoms with E-state index in [0.717, 1.165) is 6.08 Å². The first-order valence-corrected chi connectivity index (χ1v) is 10.6. The van der Waals surface area contributed by atoms with Crippen LogP contribution in [0.2, 0.25) is 0 Å². The van der Waals surface area contributed by atoms with Crippen molar-refractivity contribution >= 4 is 23.0 Å². The molecule has 0 amide bonds. The van der Waals surface area contributed by atoms with Crippen LogP contribution < -0.4 is 10.4 Å². The Hall–Kier alpha value is -4.10. The lowest BCUT2D eigenvalue weighted by molar-refractivity contribution is -0.278. The largest absolute Gasteiger partial charge is 0.504 e. The Kier molecular flexibility index (Phi) is 7.12. The van der Waals surface area contributed by atoms with Gasteiger partial charge in [0.1, 0.15) is 31.0 Å². The molecule has 0 radical (unpaired) electrons. The summed E-state index contributed by atoms with van der Waals surface area (Å²) in [7, 11) is 0. The summed E-state index contributed by atoms with van der Waals surface area (Å²) in [5, 5.41) is 60.4. The van der Waals surface area contributed by atoms with Gasteiger partial charge in [-0.25, -0.2) is 9.59 Å². The zero-order chi connectivity index (χ0) is 26.0. The maximum atomic E-state index is 12.1. The zero-order valence-corrected chi connectivity index (χ0v) is 18.4. The average Bonchev–Trinajstić information content (AvgIpc) is 2.86. The van der Waals surface area contributed by atoms with E-state index in [2.05, 4.69) is 0 Å². The van der Waals surface area contributed by atoms with Gasteiger partial charge in [0.25, 0.3) is 0 Å². The Bertz CT molecular complexity index is 1350. The van der Waals surface area contributed by atoms with E-state index < -0.39 is 54.7 Å². The SMILES string of the molecule is O=C(/C=C/c1ccc(O)c(O)c1)OCC1OC(Oc2ccc3ccc(=O)oc3c2O)C(O)C(O)C1O. The van der Waals surface area contributed by atoms with Gasteiger partial charge in [0.05, 0.1) is 0 Å². The average molecular weight is 502 g/mol. The summed E-state index contributed by atoms with van der Waals surface area (Å²) in [6.45, 7) is -0.534. The number of phenolic OH excluding ortho intramolecular Hbond substituents is 3. The summed E-state index contributed by atoms with van der Waals surface area (Å²) >= 11 is 0. The molecule has 1 aliphatic rings. The van der Waals surface area contributed by atoms with Crippen LogP contribution in [0.4, 0.5) is 0 Å². The monoisotopic (exact) mass is 502 g/mol. The molecular formula is C24H22O12. The van der Waals surface area contributed by atoms with Gasteiger partial charge in [0.15, 0.2) is 22.8 Å². The van der Waals surface area contributed by atoms with E-state index in [1.807, 2.05) is 0 Å². The molecule has 0 saturated carbocycles. The number of carbonyl (C=O) groups is 1. The summed E-state index contributed by atoms with van der Waals surface area (Å²) < 4.78 is 21.0. The molecule has 4 rings (SSSR count). The number of esters is 1. The summed E-state index contributed by atoms with van der Waals surface area (Å²) in [6.07, 6.45) is -5.71. The molecule has 1 aliphatic heterocycles. The Morgan fingerprint density at radius 1 is 0.944 bits per heavy atom. The van der Waals surface area contributed by atoms with Gasteiger partial charge in [-0.05, 0) is 42.0 Å². The normalized spacial score (nSPS) is 24.1. The van der Waals surface area contributed by atoms with Gasteiger partial charge in [0.2, 0.25) is 12.0 Å². The van der Waals surface area contributed by atoms with E-state index in [1.165, 1.54) is 48.5 Å². The van der Waals surface area contributed by atoms with Crippen molar-refractivity contribution in [3.05, 3.63) is 64.5 Å². The number of hydrogen-bond donors (Lipinski definition) is 6. The fourth-order valence-corrected chi connectivity index (χ4v) is 3.49. The minimum Gasteiger partial charge on any atom is -0.504 e. The molecular weight excluding hydrogens is 480 g/mol. The van der Waals surface area contributed by atoms with E-state index in [0.29, 0.717) is 10.9 Å². The quantitative estimate of drug-likeness (QED) is 0.117. The van der Waals surface area contributed by atoms with Crippen molar-refractivity contribution in [2.45, 2.75) is 30.7 Å². The molecule has 2 aromatic carbocycles. The Balaban J connectivity index is 1.43. The van der Waals surface area contributed by atoms with Gasteiger partial charge in [-0.3, -0.25) is 0 Å². The molecule has 5 unspecified atom stereocenters. The Morgan fingerprint density at radius 3 is 2.44 bits per heavy atom. The number of benzene rings is 2. The standard InChI is InChI=1S/C24H22O12/c25-13-5-1-11(9-14(13)26)2-7-17(27)33-10-16-19(29)21(31)22(32)24(35-16)34-15-6-3-12-4-8-18(28)36-23(12)20(15)30/h1-9,16,19,21-22,24-26,29-32H,10H2/b7-2+. The van der Waals surface area contributed by atoms with Gasteiger partial charge in [-0.2, -0.15) is 0 Å². The van der Waals surface area contributed by atoms with Crippen molar-refractivity contribution in [1.29, 1.82) is 0 Å². The van der Waals surface area contributed by atoms with Crippen LogP contribution in [0.25, 0.3) is 17.0 Å². The van der Waals surface area contributed by atoms with Crippen LogP contribution in [-0.4, -0.2) is 73.9 Å². The second-order valence-electron chi connectivity index (χ2n) is 7.93. The lowest BCUT2D eigenvalue weighted by atomic mass is 9.99. The van der Waals surface area contributed by atoms with Crippen LogP contribution in [0.1, 0.15) is 5.56 Å². The summed E-state index contributed by atoms with van der Waals surface area (Å²) in [6, 6.07) is 9.31. The molecule has 1 aromatic heterocycles. The van der Waals surface area contributed by atoms with Crippen molar-refractivity contribution in [3.8, 4) is 23.0 Å². The third kappa shape index (κ3) is 5.26. The number of rotatable bonds is 6. The second-order valence-corrected chi connectivity index (χ2v) is 7.93. The molecule has 1 fully saturated rings. The fraction of sp³-hybridized carbons (Fsp3) is 0.250. The van der Waals surface area contributed by atoms with Crippen molar-refractivity contribution in [2.75, 3.05) is 6.61 Å². The van der Waals surface area contributed by atoms with E-state index in [1.54, 1.807) is 0 Å². The highest BCUT2D eigenvalue weighted by atomic mass is 16.7. The molecule has 12 nitrogen and oxygen atoms in total. The van der Waals surface area contributed by atoms with Gasteiger partial charge in [-0.1, -0.05) is 6.07 Å². The molecule has 12 heteroatoms. The van der Waals surface area contributed by atoms with E-state index in [9.17, 15) is 40.2 Å². The molecule has 6 N–H and O–H groups in total. The van der Waals surface area contributed by atoms with Gasteiger partial charge in [-0.15, -0.1) is 0 Å². The predicted octanol–water partition coefficient (Wildman–Crippen LogP) is 0.353. The van der Waals surface area contributed by atoms with Crippen LogP contribution in [0.15, 0.2) is 57.8 Å². The van der Waals surface area contributed by atoms with Crippen LogP contribution in [0, 0.1) is 0 Å². The smallest absolute Gasteiger partial charge is 0.336 e. The number of fused-ring (bicyclic) bond motifs is 1. The third-order valence-corrected chi connectivity index (χ3v) is 5.44. The molecule has 190 valence electrons. The number of carbonyl (C=O) groups excluding carboxylic acids is 1. The molecule has 36 heavy (non-hydrogen) atoms. The number of aliphatic hydroxyl groups excluding tert-OH is 3. The lowest BCUT2D eigenvalue weighted by Crippen LogP contribution is -2.60. The molecule has 0 spiro atoms. The van der Waals surface area contributed by atoms with Crippen molar-refractivity contribution in [1.82, 2.24) is 0 Å². The molecule has 0 bridgehead atoms. The van der Waals surface area contributed by atoms with E-state index in [4.69, 9.17) is 18.6 Å². The van der Waals surface area contributed by atoms with Gasteiger partial charge in [0, 0.05) is 17.5 Å². The van der Waals surface area contributed by atoms with Gasteiger partial charge < -0.3 is 49.3 Å². The minimum atomic E-state index is -1.75. The lowest BCUT2D eigenvalue weighted by Gasteiger charge is -2.39. The van der Waals surface area contributed by atoms with Crippen LogP contribution in [-0.2, 0) is 14.3 Å². The number of aliphatic hydroxyl groups is 3. The van der Waals surface area contributed by atoms with E-state index >= 15 is 0 Å². The highest BCUT2D eigenvalue weighted by Crippen LogP contribution is 2.36. The van der Waals surface area contributed by atoms with Crippen LogP contribution >= 0.6 is 0 Å². The minimum absolute atomic E-state index is 0.162. The first kappa shape index (κ1) is 25.0. The number of phenols is 3.